The van der Waals surface area contributed by atoms with Crippen LogP contribution in [0.15, 0.2) is 53.3 Å². The molecule has 0 bridgehead atoms. The van der Waals surface area contributed by atoms with Crippen LogP contribution in [0.3, 0.4) is 0 Å². The zero-order valence-electron chi connectivity index (χ0n) is 15.6. The Morgan fingerprint density at radius 2 is 2.08 bits per heavy atom. The Balaban J connectivity index is 1.64. The van der Waals surface area contributed by atoms with Crippen LogP contribution in [0.2, 0.25) is 0 Å². The average Bonchev–Trinajstić information content (AvgIpc) is 2.86. The molecule has 2 aliphatic rings. The number of hydrogen-bond acceptors (Lipinski definition) is 4. The van der Waals surface area contributed by atoms with Gasteiger partial charge >= 0.3 is 5.97 Å². The number of cyclic esters (lactones) is 1. The molecule has 0 fully saturated rings. The second-order valence-corrected chi connectivity index (χ2v) is 7.17. The molecule has 1 aromatic rings. The fraction of sp³-hybridized carbons (Fsp3) is 0.318. The number of benzene rings is 1. The molecule has 1 aromatic carbocycles. The van der Waals surface area contributed by atoms with E-state index in [0.717, 1.165) is 35.3 Å². The number of ether oxygens (including phenoxy) is 2. The summed E-state index contributed by atoms with van der Waals surface area (Å²) >= 11 is 0. The number of phenolic OH excluding ortho intramolecular Hbond substituents is 1. The van der Waals surface area contributed by atoms with Crippen molar-refractivity contribution in [3.8, 4) is 11.5 Å². The largest absolute Gasteiger partial charge is 0.508 e. The fourth-order valence-electron chi connectivity index (χ4n) is 3.02. The molecule has 136 valence electrons. The van der Waals surface area contributed by atoms with Crippen LogP contribution in [-0.2, 0) is 9.53 Å². The number of carbonyl (C=O) groups is 1. The number of hydrogen-bond donors (Lipinski definition) is 1. The first kappa shape index (κ1) is 18.1. The van der Waals surface area contributed by atoms with E-state index in [2.05, 4.69) is 13.0 Å². The number of esters is 1. The Kier molecular flexibility index (Phi) is 4.77. The van der Waals surface area contributed by atoms with Crippen LogP contribution in [0.1, 0.15) is 44.7 Å². The summed E-state index contributed by atoms with van der Waals surface area (Å²) in [5, 5.41) is 9.82. The zero-order chi connectivity index (χ0) is 18.9. The average molecular weight is 352 g/mol. The summed E-state index contributed by atoms with van der Waals surface area (Å²) in [5.74, 6) is 1.39. The number of phenols is 1. The molecule has 26 heavy (non-hydrogen) atoms. The zero-order valence-corrected chi connectivity index (χ0v) is 15.6. The molecule has 0 saturated carbocycles. The van der Waals surface area contributed by atoms with E-state index in [0.29, 0.717) is 11.3 Å². The first-order valence-corrected chi connectivity index (χ1v) is 8.76. The van der Waals surface area contributed by atoms with E-state index >= 15 is 0 Å². The van der Waals surface area contributed by atoms with Crippen LogP contribution in [0.25, 0.3) is 6.08 Å². The second kappa shape index (κ2) is 6.87. The lowest BCUT2D eigenvalue weighted by atomic mass is 9.94. The lowest BCUT2D eigenvalue weighted by Gasteiger charge is -2.31. The van der Waals surface area contributed by atoms with Gasteiger partial charge in [-0.05, 0) is 76.5 Å². The first-order valence-electron chi connectivity index (χ1n) is 8.76. The van der Waals surface area contributed by atoms with Gasteiger partial charge in [0.15, 0.2) is 0 Å². The smallest absolute Gasteiger partial charge is 0.339 e. The number of allylic oxidation sites excluding steroid dienone is 4. The van der Waals surface area contributed by atoms with Crippen LogP contribution in [0.5, 0.6) is 11.5 Å². The van der Waals surface area contributed by atoms with Gasteiger partial charge in [0.1, 0.15) is 22.9 Å². The minimum Gasteiger partial charge on any atom is -0.508 e. The van der Waals surface area contributed by atoms with Gasteiger partial charge in [-0.2, -0.15) is 0 Å². The summed E-state index contributed by atoms with van der Waals surface area (Å²) in [6.07, 6.45) is 11.4. The van der Waals surface area contributed by atoms with E-state index in [9.17, 15) is 9.90 Å². The molecule has 2 aliphatic heterocycles. The van der Waals surface area contributed by atoms with Crippen LogP contribution in [-0.4, -0.2) is 16.7 Å². The summed E-state index contributed by atoms with van der Waals surface area (Å²) in [6, 6.07) is 3.61. The summed E-state index contributed by atoms with van der Waals surface area (Å²) in [6.45, 7) is 7.65. The van der Waals surface area contributed by atoms with Gasteiger partial charge in [-0.3, -0.25) is 0 Å². The van der Waals surface area contributed by atoms with Crippen molar-refractivity contribution in [3.63, 3.8) is 0 Å². The molecule has 3 rings (SSSR count). The van der Waals surface area contributed by atoms with E-state index in [4.69, 9.17) is 9.47 Å². The Morgan fingerprint density at radius 3 is 2.77 bits per heavy atom. The van der Waals surface area contributed by atoms with Crippen LogP contribution >= 0.6 is 0 Å². The first-order chi connectivity index (χ1) is 12.3. The second-order valence-electron chi connectivity index (χ2n) is 7.17. The maximum absolute atomic E-state index is 11.4. The van der Waals surface area contributed by atoms with Crippen LogP contribution < -0.4 is 4.74 Å². The van der Waals surface area contributed by atoms with Crippen molar-refractivity contribution in [1.82, 2.24) is 0 Å². The number of aryl methyl sites for hydroxylation is 1. The van der Waals surface area contributed by atoms with Gasteiger partial charge in [-0.15, -0.1) is 0 Å². The fourth-order valence-corrected chi connectivity index (χ4v) is 3.02. The van der Waals surface area contributed by atoms with Gasteiger partial charge in [0.05, 0.1) is 0 Å². The Morgan fingerprint density at radius 1 is 1.31 bits per heavy atom. The van der Waals surface area contributed by atoms with Gasteiger partial charge in [0, 0.05) is 11.1 Å². The molecule has 0 saturated heterocycles. The SMILES string of the molecule is CC1=CC(=C/C(C)=C/CC[C@]2(C)C=Cc3cc(O)c(C)cc3O2)OC1=O. The third kappa shape index (κ3) is 3.90. The monoisotopic (exact) mass is 352 g/mol. The van der Waals surface area contributed by atoms with Gasteiger partial charge in [-0.25, -0.2) is 4.79 Å². The van der Waals surface area contributed by atoms with Crippen molar-refractivity contribution in [2.45, 2.75) is 46.1 Å². The predicted octanol–water partition coefficient (Wildman–Crippen LogP) is 4.98. The molecule has 0 unspecified atom stereocenters. The normalized spacial score (nSPS) is 23.5. The summed E-state index contributed by atoms with van der Waals surface area (Å²) in [4.78, 5) is 11.4. The van der Waals surface area contributed by atoms with E-state index in [1.54, 1.807) is 19.1 Å². The molecule has 1 N–H and O–H groups in total. The third-order valence-electron chi connectivity index (χ3n) is 4.66. The van der Waals surface area contributed by atoms with Crippen molar-refractivity contribution >= 4 is 12.0 Å². The summed E-state index contributed by atoms with van der Waals surface area (Å²) in [7, 11) is 0. The van der Waals surface area contributed by atoms with Crippen molar-refractivity contribution < 1.29 is 19.4 Å². The number of carbonyl (C=O) groups excluding carboxylic acids is 1. The van der Waals surface area contributed by atoms with Gasteiger partial charge in [0.25, 0.3) is 0 Å². The molecule has 0 aromatic heterocycles. The van der Waals surface area contributed by atoms with Gasteiger partial charge < -0.3 is 14.6 Å². The molecule has 0 amide bonds. The van der Waals surface area contributed by atoms with E-state index < -0.39 is 5.60 Å². The Labute approximate surface area is 154 Å². The summed E-state index contributed by atoms with van der Waals surface area (Å²) < 4.78 is 11.3. The van der Waals surface area contributed by atoms with E-state index in [1.165, 1.54) is 0 Å². The predicted molar refractivity (Wildman–Crippen MR) is 102 cm³/mol. The molecular formula is C22H24O4. The number of fused-ring (bicyclic) bond motifs is 1. The van der Waals surface area contributed by atoms with Crippen molar-refractivity contribution in [1.29, 1.82) is 0 Å². The molecule has 0 radical (unpaired) electrons. The van der Waals surface area contributed by atoms with Crippen molar-refractivity contribution in [2.75, 3.05) is 0 Å². The van der Waals surface area contributed by atoms with E-state index in [-0.39, 0.29) is 11.7 Å². The number of aromatic hydroxyl groups is 1. The Bertz CT molecular complexity index is 870. The standard InChI is InChI=1S/C22H24O4/c1-14(10-18-11-16(3)21(24)25-18)6-5-8-22(4)9-7-17-13-19(23)15(2)12-20(17)26-22/h6-7,9-13,23H,5,8H2,1-4H3/b14-6+,18-10?/t22-/m1/s1. The van der Waals surface area contributed by atoms with Gasteiger partial charge in [-0.1, -0.05) is 17.7 Å². The molecule has 1 atom stereocenters. The highest BCUT2D eigenvalue weighted by atomic mass is 16.5. The lowest BCUT2D eigenvalue weighted by molar-refractivity contribution is -0.133. The molecule has 2 heterocycles. The third-order valence-corrected chi connectivity index (χ3v) is 4.66. The highest BCUT2D eigenvalue weighted by molar-refractivity contribution is 5.92. The minimum atomic E-state index is -0.392. The molecule has 0 spiro atoms. The molecule has 4 heteroatoms. The van der Waals surface area contributed by atoms with Crippen LogP contribution in [0.4, 0.5) is 0 Å². The van der Waals surface area contributed by atoms with Gasteiger partial charge in [0.2, 0.25) is 0 Å². The number of rotatable bonds is 4. The van der Waals surface area contributed by atoms with Crippen molar-refractivity contribution in [2.24, 2.45) is 0 Å². The molecular weight excluding hydrogens is 328 g/mol. The van der Waals surface area contributed by atoms with Crippen LogP contribution in [0, 0.1) is 6.92 Å². The lowest BCUT2D eigenvalue weighted by Crippen LogP contribution is -2.31. The topological polar surface area (TPSA) is 55.8 Å². The molecule has 4 nitrogen and oxygen atoms in total. The maximum Gasteiger partial charge on any atom is 0.339 e. The highest BCUT2D eigenvalue weighted by Crippen LogP contribution is 2.37. The molecule has 0 aliphatic carbocycles. The minimum absolute atomic E-state index is 0.280. The maximum atomic E-state index is 11.4. The van der Waals surface area contributed by atoms with E-state index in [1.807, 2.05) is 38.1 Å². The Hall–Kier alpha value is -2.75. The van der Waals surface area contributed by atoms with Crippen molar-refractivity contribution in [3.05, 3.63) is 64.5 Å². The summed E-state index contributed by atoms with van der Waals surface area (Å²) in [5.41, 5.74) is 2.97. The quantitative estimate of drug-likeness (QED) is 0.777. The highest BCUT2D eigenvalue weighted by Gasteiger charge is 2.27.